The van der Waals surface area contributed by atoms with E-state index in [9.17, 15) is 0 Å². The van der Waals surface area contributed by atoms with Crippen LogP contribution in [0.2, 0.25) is 0 Å². The maximum absolute atomic E-state index is 8.91. The zero-order valence-electron chi connectivity index (χ0n) is 11.9. The van der Waals surface area contributed by atoms with Gasteiger partial charge in [0.05, 0.1) is 29.7 Å². The molecule has 1 aromatic carbocycles. The molecule has 0 aliphatic carbocycles. The molecule has 0 atom stereocenters. The standard InChI is InChI=1S/C16H20N2O/c1-13-6-7-14(11-17)10-15(13)19-9-5-4-8-16(2,3)12-18/h6-7,10H,4-5,8-9H2,1-3H3. The third-order valence-corrected chi connectivity index (χ3v) is 3.07. The molecule has 100 valence electrons. The molecule has 0 spiro atoms. The van der Waals surface area contributed by atoms with E-state index in [-0.39, 0.29) is 5.41 Å². The summed E-state index contributed by atoms with van der Waals surface area (Å²) in [6, 6.07) is 9.86. The molecule has 19 heavy (non-hydrogen) atoms. The summed E-state index contributed by atoms with van der Waals surface area (Å²) in [6.45, 7) is 6.50. The van der Waals surface area contributed by atoms with Crippen molar-refractivity contribution in [2.24, 2.45) is 5.41 Å². The minimum Gasteiger partial charge on any atom is -0.493 e. The largest absolute Gasteiger partial charge is 0.493 e. The van der Waals surface area contributed by atoms with Gasteiger partial charge in [-0.15, -0.1) is 0 Å². The number of hydrogen-bond acceptors (Lipinski definition) is 3. The molecule has 0 heterocycles. The van der Waals surface area contributed by atoms with E-state index in [1.54, 1.807) is 12.1 Å². The van der Waals surface area contributed by atoms with Crippen LogP contribution in [0.5, 0.6) is 5.75 Å². The van der Waals surface area contributed by atoms with E-state index < -0.39 is 0 Å². The highest BCUT2D eigenvalue weighted by atomic mass is 16.5. The van der Waals surface area contributed by atoms with Gasteiger partial charge in [0, 0.05) is 0 Å². The van der Waals surface area contributed by atoms with Crippen molar-refractivity contribution in [2.75, 3.05) is 6.61 Å². The number of benzene rings is 1. The molecule has 0 saturated heterocycles. The number of nitrogens with zero attached hydrogens (tertiary/aromatic N) is 2. The van der Waals surface area contributed by atoms with E-state index in [0.717, 1.165) is 30.6 Å². The first kappa shape index (κ1) is 15.1. The van der Waals surface area contributed by atoms with Gasteiger partial charge in [0.2, 0.25) is 0 Å². The molecule has 0 N–H and O–H groups in total. The Morgan fingerprint density at radius 3 is 2.58 bits per heavy atom. The van der Waals surface area contributed by atoms with Crippen LogP contribution in [0.1, 0.15) is 44.2 Å². The lowest BCUT2D eigenvalue weighted by Crippen LogP contribution is -2.08. The van der Waals surface area contributed by atoms with E-state index in [1.165, 1.54) is 0 Å². The Bertz CT molecular complexity index is 506. The van der Waals surface area contributed by atoms with E-state index in [4.69, 9.17) is 15.3 Å². The highest BCUT2D eigenvalue weighted by Crippen LogP contribution is 2.23. The van der Waals surface area contributed by atoms with Gasteiger partial charge < -0.3 is 4.74 Å². The minimum atomic E-state index is -0.253. The number of aryl methyl sites for hydroxylation is 1. The molecule has 3 heteroatoms. The molecule has 0 bridgehead atoms. The Balaban J connectivity index is 2.38. The lowest BCUT2D eigenvalue weighted by Gasteiger charge is -2.14. The third-order valence-electron chi connectivity index (χ3n) is 3.07. The monoisotopic (exact) mass is 256 g/mol. The minimum absolute atomic E-state index is 0.253. The zero-order valence-corrected chi connectivity index (χ0v) is 11.9. The van der Waals surface area contributed by atoms with Crippen molar-refractivity contribution < 1.29 is 4.74 Å². The first-order chi connectivity index (χ1) is 8.98. The van der Waals surface area contributed by atoms with Crippen LogP contribution in [0, 0.1) is 35.0 Å². The molecule has 0 amide bonds. The average molecular weight is 256 g/mol. The molecular weight excluding hydrogens is 236 g/mol. The number of hydrogen-bond donors (Lipinski definition) is 0. The van der Waals surface area contributed by atoms with Crippen LogP contribution in [0.4, 0.5) is 0 Å². The highest BCUT2D eigenvalue weighted by molar-refractivity contribution is 5.41. The van der Waals surface area contributed by atoms with Crippen molar-refractivity contribution in [3.63, 3.8) is 0 Å². The summed E-state index contributed by atoms with van der Waals surface area (Å²) >= 11 is 0. The summed E-state index contributed by atoms with van der Waals surface area (Å²) in [5.41, 5.74) is 1.40. The second-order valence-electron chi connectivity index (χ2n) is 5.39. The Morgan fingerprint density at radius 2 is 1.95 bits per heavy atom. The summed E-state index contributed by atoms with van der Waals surface area (Å²) in [4.78, 5) is 0. The van der Waals surface area contributed by atoms with Crippen LogP contribution in [0.15, 0.2) is 18.2 Å². The fourth-order valence-electron chi connectivity index (χ4n) is 1.73. The number of ether oxygens (including phenoxy) is 1. The fourth-order valence-corrected chi connectivity index (χ4v) is 1.73. The molecule has 0 fully saturated rings. The molecule has 0 radical (unpaired) electrons. The van der Waals surface area contributed by atoms with Gasteiger partial charge in [-0.05, 0) is 57.7 Å². The van der Waals surface area contributed by atoms with Crippen LogP contribution >= 0.6 is 0 Å². The van der Waals surface area contributed by atoms with Gasteiger partial charge in [-0.25, -0.2) is 0 Å². The molecule has 0 unspecified atom stereocenters. The first-order valence-electron chi connectivity index (χ1n) is 6.53. The second kappa shape index (κ2) is 6.81. The lowest BCUT2D eigenvalue weighted by molar-refractivity contribution is 0.293. The molecular formula is C16H20N2O. The first-order valence-corrected chi connectivity index (χ1v) is 6.53. The topological polar surface area (TPSA) is 56.8 Å². The van der Waals surface area contributed by atoms with E-state index >= 15 is 0 Å². The van der Waals surface area contributed by atoms with Crippen molar-refractivity contribution in [1.82, 2.24) is 0 Å². The Morgan fingerprint density at radius 1 is 1.21 bits per heavy atom. The van der Waals surface area contributed by atoms with Crippen molar-refractivity contribution in [1.29, 1.82) is 10.5 Å². The Kier molecular flexibility index (Phi) is 5.39. The van der Waals surface area contributed by atoms with Crippen molar-refractivity contribution in [3.8, 4) is 17.9 Å². The summed E-state index contributed by atoms with van der Waals surface area (Å²) in [6.07, 6.45) is 2.77. The van der Waals surface area contributed by atoms with Gasteiger partial charge in [0.1, 0.15) is 5.75 Å². The second-order valence-corrected chi connectivity index (χ2v) is 5.39. The molecule has 0 aliphatic heterocycles. The summed E-state index contributed by atoms with van der Waals surface area (Å²) in [7, 11) is 0. The van der Waals surface area contributed by atoms with Crippen LogP contribution in [0.25, 0.3) is 0 Å². The summed E-state index contributed by atoms with van der Waals surface area (Å²) in [5, 5.41) is 17.8. The predicted molar refractivity (Wildman–Crippen MR) is 74.6 cm³/mol. The smallest absolute Gasteiger partial charge is 0.123 e. The van der Waals surface area contributed by atoms with Crippen LogP contribution in [-0.2, 0) is 0 Å². The highest BCUT2D eigenvalue weighted by Gasteiger charge is 2.15. The third kappa shape index (κ3) is 5.02. The van der Waals surface area contributed by atoms with Crippen LogP contribution in [0.3, 0.4) is 0 Å². The van der Waals surface area contributed by atoms with Gasteiger partial charge in [-0.2, -0.15) is 10.5 Å². The number of rotatable bonds is 6. The number of unbranched alkanes of at least 4 members (excludes halogenated alkanes) is 1. The summed E-state index contributed by atoms with van der Waals surface area (Å²) < 4.78 is 5.69. The van der Waals surface area contributed by atoms with E-state index in [2.05, 4.69) is 12.1 Å². The zero-order chi connectivity index (χ0) is 14.3. The molecule has 0 saturated carbocycles. The van der Waals surface area contributed by atoms with Gasteiger partial charge in [-0.1, -0.05) is 6.07 Å². The molecule has 1 aromatic rings. The van der Waals surface area contributed by atoms with Crippen molar-refractivity contribution >= 4 is 0 Å². The normalized spacial score (nSPS) is 10.6. The van der Waals surface area contributed by atoms with Crippen LogP contribution in [-0.4, -0.2) is 6.61 Å². The molecule has 1 rings (SSSR count). The van der Waals surface area contributed by atoms with Gasteiger partial charge in [0.25, 0.3) is 0 Å². The quantitative estimate of drug-likeness (QED) is 0.724. The van der Waals surface area contributed by atoms with Crippen LogP contribution < -0.4 is 4.74 Å². The molecule has 0 aliphatic rings. The fraction of sp³-hybridized carbons (Fsp3) is 0.500. The number of nitriles is 2. The Labute approximate surface area is 115 Å². The van der Waals surface area contributed by atoms with Gasteiger partial charge >= 0.3 is 0 Å². The van der Waals surface area contributed by atoms with Crippen molar-refractivity contribution in [3.05, 3.63) is 29.3 Å². The van der Waals surface area contributed by atoms with Crippen molar-refractivity contribution in [2.45, 2.75) is 40.0 Å². The maximum Gasteiger partial charge on any atom is 0.123 e. The lowest BCUT2D eigenvalue weighted by atomic mass is 9.89. The van der Waals surface area contributed by atoms with Gasteiger partial charge in [-0.3, -0.25) is 0 Å². The van der Waals surface area contributed by atoms with E-state index in [1.807, 2.05) is 26.8 Å². The summed E-state index contributed by atoms with van der Waals surface area (Å²) in [5.74, 6) is 0.776. The van der Waals surface area contributed by atoms with E-state index in [0.29, 0.717) is 12.2 Å². The van der Waals surface area contributed by atoms with Gasteiger partial charge in [0.15, 0.2) is 0 Å². The maximum atomic E-state index is 8.91. The predicted octanol–water partition coefficient (Wildman–Crippen LogP) is 3.97. The molecule has 3 nitrogen and oxygen atoms in total. The average Bonchev–Trinajstić information content (AvgIpc) is 2.40. The SMILES string of the molecule is Cc1ccc(C#N)cc1OCCCCC(C)(C)C#N. The molecule has 0 aromatic heterocycles. The Hall–Kier alpha value is -2.00.